The number of benzene rings is 1. The Hall–Kier alpha value is -3.62. The van der Waals surface area contributed by atoms with Gasteiger partial charge in [-0.3, -0.25) is 14.4 Å². The van der Waals surface area contributed by atoms with Gasteiger partial charge in [-0.05, 0) is 24.3 Å². The van der Waals surface area contributed by atoms with Crippen LogP contribution in [0.5, 0.6) is 0 Å². The molecule has 0 spiro atoms. The number of aromatic nitrogens is 2. The van der Waals surface area contributed by atoms with Crippen molar-refractivity contribution in [2.45, 2.75) is 52.3 Å². The third-order valence-electron chi connectivity index (χ3n) is 5.59. The first-order valence-corrected chi connectivity index (χ1v) is 10.9. The van der Waals surface area contributed by atoms with Crippen LogP contribution >= 0.6 is 0 Å². The molecule has 2 atom stereocenters. The minimum Gasteiger partial charge on any atom is -0.445 e. The molecule has 2 amide bonds. The number of nitrogens with one attached hydrogen (secondary N) is 2. The Bertz CT molecular complexity index is 1010. The number of hydrogen-bond acceptors (Lipinski definition) is 7. The largest absolute Gasteiger partial charge is 0.445 e. The van der Waals surface area contributed by atoms with E-state index in [1.165, 1.54) is 6.33 Å². The Morgan fingerprint density at radius 2 is 1.97 bits per heavy atom. The molecule has 1 aromatic carbocycles. The lowest BCUT2D eigenvalue weighted by Crippen LogP contribution is -2.46. The molecule has 1 aliphatic rings. The summed E-state index contributed by atoms with van der Waals surface area (Å²) in [5.74, 6) is -2.73. The van der Waals surface area contributed by atoms with Gasteiger partial charge in [0.05, 0.1) is 6.04 Å². The van der Waals surface area contributed by atoms with Crippen LogP contribution in [0.2, 0.25) is 0 Å². The van der Waals surface area contributed by atoms with E-state index in [2.05, 4.69) is 20.6 Å². The molecule has 0 fully saturated rings. The quantitative estimate of drug-likeness (QED) is 0.616. The first kappa shape index (κ1) is 24.0. The summed E-state index contributed by atoms with van der Waals surface area (Å²) in [5, 5.41) is 5.20. The van der Waals surface area contributed by atoms with Crippen molar-refractivity contribution in [3.63, 3.8) is 0 Å². The molecule has 9 heteroatoms. The molecule has 9 nitrogen and oxygen atoms in total. The number of ketones is 2. The first-order chi connectivity index (χ1) is 15.8. The van der Waals surface area contributed by atoms with Crippen LogP contribution in [0, 0.1) is 11.8 Å². The average Bonchev–Trinajstić information content (AvgIpc) is 2.87. The van der Waals surface area contributed by atoms with E-state index < -0.39 is 29.7 Å². The number of ether oxygens (including phenoxy) is 1. The summed E-state index contributed by atoms with van der Waals surface area (Å²) in [6.07, 6.45) is 2.89. The maximum atomic E-state index is 13.1. The van der Waals surface area contributed by atoms with E-state index in [1.807, 2.05) is 30.3 Å². The summed E-state index contributed by atoms with van der Waals surface area (Å²) in [6.45, 7) is 3.83. The van der Waals surface area contributed by atoms with Crippen LogP contribution in [0.4, 0.5) is 4.79 Å². The highest BCUT2D eigenvalue weighted by Gasteiger charge is 2.33. The fourth-order valence-electron chi connectivity index (χ4n) is 3.72. The molecule has 1 aliphatic heterocycles. The fourth-order valence-corrected chi connectivity index (χ4v) is 3.72. The number of carbonyl (C=O) groups excluding carboxylic acids is 4. The van der Waals surface area contributed by atoms with Crippen molar-refractivity contribution in [1.29, 1.82) is 0 Å². The molecule has 3 rings (SSSR count). The maximum Gasteiger partial charge on any atom is 0.408 e. The summed E-state index contributed by atoms with van der Waals surface area (Å²) in [7, 11) is 0. The fraction of sp³-hybridized carbons (Fsp3) is 0.417. The molecule has 0 saturated carbocycles. The number of aryl methyl sites for hydroxylation is 1. The summed E-state index contributed by atoms with van der Waals surface area (Å²) in [6, 6.07) is 8.36. The van der Waals surface area contributed by atoms with E-state index in [-0.39, 0.29) is 31.3 Å². The van der Waals surface area contributed by atoms with Gasteiger partial charge in [-0.2, -0.15) is 0 Å². The Morgan fingerprint density at radius 1 is 1.21 bits per heavy atom. The van der Waals surface area contributed by atoms with Gasteiger partial charge in [0.15, 0.2) is 5.78 Å². The van der Waals surface area contributed by atoms with Crippen molar-refractivity contribution < 1.29 is 23.9 Å². The zero-order chi connectivity index (χ0) is 23.8. The molecule has 2 N–H and O–H groups in total. The number of alkyl carbamates (subject to hydrolysis) is 1. The van der Waals surface area contributed by atoms with Gasteiger partial charge < -0.3 is 15.4 Å². The SMILES string of the molecule is CC(C)C(NC(=O)OCc1ccccc1)C(=O)CC1CCc2ncncc2CNC(=O)C1=O. The monoisotopic (exact) mass is 452 g/mol. The molecule has 174 valence electrons. The van der Waals surface area contributed by atoms with E-state index in [1.54, 1.807) is 20.0 Å². The van der Waals surface area contributed by atoms with Crippen molar-refractivity contribution in [3.05, 3.63) is 59.7 Å². The van der Waals surface area contributed by atoms with Gasteiger partial charge in [-0.25, -0.2) is 14.8 Å². The van der Waals surface area contributed by atoms with E-state index in [4.69, 9.17) is 4.74 Å². The molecule has 0 saturated heterocycles. The second-order valence-corrected chi connectivity index (χ2v) is 8.38. The van der Waals surface area contributed by atoms with Gasteiger partial charge in [0.1, 0.15) is 12.9 Å². The Labute approximate surface area is 192 Å². The minimum atomic E-state index is -0.841. The van der Waals surface area contributed by atoms with E-state index in [9.17, 15) is 19.2 Å². The molecular formula is C24H28N4O5. The molecular weight excluding hydrogens is 424 g/mol. The van der Waals surface area contributed by atoms with Gasteiger partial charge in [0.25, 0.3) is 5.91 Å². The van der Waals surface area contributed by atoms with Gasteiger partial charge in [0, 0.05) is 36.3 Å². The minimum absolute atomic E-state index is 0.0776. The van der Waals surface area contributed by atoms with Crippen molar-refractivity contribution in [3.8, 4) is 0 Å². The van der Waals surface area contributed by atoms with Crippen molar-refractivity contribution >= 4 is 23.6 Å². The second-order valence-electron chi connectivity index (χ2n) is 8.38. The number of nitrogens with zero attached hydrogens (tertiary/aromatic N) is 2. The van der Waals surface area contributed by atoms with E-state index in [0.29, 0.717) is 12.8 Å². The van der Waals surface area contributed by atoms with Crippen LogP contribution in [0.3, 0.4) is 0 Å². The molecule has 0 radical (unpaired) electrons. The molecule has 1 aromatic heterocycles. The van der Waals surface area contributed by atoms with Gasteiger partial charge in [0.2, 0.25) is 5.78 Å². The highest BCUT2D eigenvalue weighted by atomic mass is 16.5. The highest BCUT2D eigenvalue weighted by Crippen LogP contribution is 2.20. The smallest absolute Gasteiger partial charge is 0.408 e. The zero-order valence-corrected chi connectivity index (χ0v) is 18.7. The van der Waals surface area contributed by atoms with Crippen LogP contribution in [0.25, 0.3) is 0 Å². The predicted molar refractivity (Wildman–Crippen MR) is 119 cm³/mol. The third kappa shape index (κ3) is 6.68. The van der Waals surface area contributed by atoms with E-state index in [0.717, 1.165) is 16.8 Å². The molecule has 2 aromatic rings. The number of carbonyl (C=O) groups is 4. The van der Waals surface area contributed by atoms with Crippen molar-refractivity contribution in [1.82, 2.24) is 20.6 Å². The topological polar surface area (TPSA) is 127 Å². The second kappa shape index (κ2) is 11.3. The van der Waals surface area contributed by atoms with Gasteiger partial charge in [-0.15, -0.1) is 0 Å². The maximum absolute atomic E-state index is 13.1. The highest BCUT2D eigenvalue weighted by molar-refractivity contribution is 6.37. The average molecular weight is 453 g/mol. The van der Waals surface area contributed by atoms with E-state index >= 15 is 0 Å². The molecule has 33 heavy (non-hydrogen) atoms. The van der Waals surface area contributed by atoms with Crippen LogP contribution in [0.1, 0.15) is 43.5 Å². The zero-order valence-electron chi connectivity index (χ0n) is 18.7. The molecule has 2 heterocycles. The summed E-state index contributed by atoms with van der Waals surface area (Å²) in [5.41, 5.74) is 2.31. The Balaban J connectivity index is 1.64. The molecule has 0 bridgehead atoms. The van der Waals surface area contributed by atoms with Crippen molar-refractivity contribution in [2.75, 3.05) is 0 Å². The Morgan fingerprint density at radius 3 is 2.70 bits per heavy atom. The van der Waals surface area contributed by atoms with Crippen LogP contribution in [-0.4, -0.2) is 39.6 Å². The summed E-state index contributed by atoms with van der Waals surface area (Å²) in [4.78, 5) is 58.6. The lowest BCUT2D eigenvalue weighted by atomic mass is 9.87. The van der Waals surface area contributed by atoms with Crippen LogP contribution in [0.15, 0.2) is 42.9 Å². The number of hydrogen-bond donors (Lipinski definition) is 2. The van der Waals surface area contributed by atoms with Gasteiger partial charge >= 0.3 is 6.09 Å². The third-order valence-corrected chi connectivity index (χ3v) is 5.59. The van der Waals surface area contributed by atoms with Gasteiger partial charge in [-0.1, -0.05) is 44.2 Å². The molecule has 0 aliphatic carbocycles. The number of fused-ring (bicyclic) bond motifs is 1. The Kier molecular flexibility index (Phi) is 8.23. The number of amides is 2. The number of rotatable bonds is 7. The van der Waals surface area contributed by atoms with Crippen LogP contribution < -0.4 is 10.6 Å². The van der Waals surface area contributed by atoms with Crippen LogP contribution in [-0.2, 0) is 38.7 Å². The van der Waals surface area contributed by atoms with Crippen molar-refractivity contribution in [2.24, 2.45) is 11.8 Å². The molecule has 2 unspecified atom stereocenters. The predicted octanol–water partition coefficient (Wildman–Crippen LogP) is 2.13. The first-order valence-electron chi connectivity index (χ1n) is 10.9. The lowest BCUT2D eigenvalue weighted by molar-refractivity contribution is -0.141. The normalized spacial score (nSPS) is 17.1. The standard InChI is InChI=1S/C24H28N4O5/c1-15(2)21(28-24(32)33-13-16-6-4-3-5-7-16)20(29)10-17-8-9-19-18(11-25-14-27-19)12-26-23(31)22(17)30/h3-7,11,14-15,17,21H,8-10,12-13H2,1-2H3,(H,26,31)(H,28,32). The lowest BCUT2D eigenvalue weighted by Gasteiger charge is -2.23. The summed E-state index contributed by atoms with van der Waals surface area (Å²) >= 11 is 0. The number of Topliss-reactive ketones (excluding diaryl/α,β-unsaturated/α-hetero) is 2. The summed E-state index contributed by atoms with van der Waals surface area (Å²) < 4.78 is 5.23.